The Morgan fingerprint density at radius 3 is 2.59 bits per heavy atom. The number of hydrogen-bond acceptors (Lipinski definition) is 3. The van der Waals surface area contributed by atoms with Gasteiger partial charge < -0.3 is 11.1 Å². The quantitative estimate of drug-likeness (QED) is 0.734. The second-order valence-corrected chi connectivity index (χ2v) is 4.72. The van der Waals surface area contributed by atoms with Crippen LogP contribution in [0.5, 0.6) is 0 Å². The first-order valence-electron chi connectivity index (χ1n) is 6.11. The number of nitrogens with zero attached hydrogens (tertiary/aromatic N) is 1. The molecule has 0 bridgehead atoms. The SMILES string of the molecule is CCCC(C)NC(=O)c1n[nH]c(C(C)C)c1N. The number of nitrogen functional groups attached to an aromatic ring is 1. The molecule has 1 rings (SSSR count). The lowest BCUT2D eigenvalue weighted by Gasteiger charge is -2.11. The van der Waals surface area contributed by atoms with Gasteiger partial charge in [-0.15, -0.1) is 0 Å². The van der Waals surface area contributed by atoms with Crippen molar-refractivity contribution in [2.24, 2.45) is 0 Å². The summed E-state index contributed by atoms with van der Waals surface area (Å²) in [5.74, 6) is 0.0312. The van der Waals surface area contributed by atoms with Crippen molar-refractivity contribution in [3.05, 3.63) is 11.4 Å². The molecule has 0 aliphatic heterocycles. The highest BCUT2D eigenvalue weighted by molar-refractivity contribution is 5.97. The number of H-pyrrole nitrogens is 1. The zero-order valence-electron chi connectivity index (χ0n) is 11.0. The Morgan fingerprint density at radius 2 is 2.12 bits per heavy atom. The smallest absolute Gasteiger partial charge is 0.274 e. The van der Waals surface area contributed by atoms with Crippen LogP contribution in [-0.2, 0) is 0 Å². The van der Waals surface area contributed by atoms with Gasteiger partial charge in [0.1, 0.15) is 0 Å². The van der Waals surface area contributed by atoms with Gasteiger partial charge in [-0.1, -0.05) is 27.2 Å². The first-order chi connectivity index (χ1) is 7.97. The second-order valence-electron chi connectivity index (χ2n) is 4.72. The Hall–Kier alpha value is -1.52. The topological polar surface area (TPSA) is 83.8 Å². The molecule has 0 aromatic carbocycles. The molecular weight excluding hydrogens is 216 g/mol. The summed E-state index contributed by atoms with van der Waals surface area (Å²) in [6.07, 6.45) is 1.99. The maximum atomic E-state index is 11.9. The van der Waals surface area contributed by atoms with E-state index in [1.807, 2.05) is 20.8 Å². The van der Waals surface area contributed by atoms with E-state index in [0.717, 1.165) is 18.5 Å². The maximum absolute atomic E-state index is 11.9. The molecule has 5 nitrogen and oxygen atoms in total. The summed E-state index contributed by atoms with van der Waals surface area (Å²) in [5.41, 5.74) is 7.48. The second kappa shape index (κ2) is 5.70. The van der Waals surface area contributed by atoms with E-state index in [1.165, 1.54) is 0 Å². The molecule has 4 N–H and O–H groups in total. The molecule has 0 aliphatic rings. The summed E-state index contributed by atoms with van der Waals surface area (Å²) >= 11 is 0. The van der Waals surface area contributed by atoms with Crippen LogP contribution in [0.2, 0.25) is 0 Å². The average Bonchev–Trinajstić information content (AvgIpc) is 2.60. The van der Waals surface area contributed by atoms with Crippen LogP contribution in [0.25, 0.3) is 0 Å². The van der Waals surface area contributed by atoms with Crippen LogP contribution in [0.1, 0.15) is 62.6 Å². The monoisotopic (exact) mass is 238 g/mol. The van der Waals surface area contributed by atoms with Gasteiger partial charge >= 0.3 is 0 Å². The van der Waals surface area contributed by atoms with Crippen molar-refractivity contribution in [3.8, 4) is 0 Å². The summed E-state index contributed by atoms with van der Waals surface area (Å²) in [6.45, 7) is 8.08. The molecule has 1 unspecified atom stereocenters. The third-order valence-electron chi connectivity index (χ3n) is 2.73. The molecule has 0 radical (unpaired) electrons. The minimum atomic E-state index is -0.202. The minimum absolute atomic E-state index is 0.145. The van der Waals surface area contributed by atoms with Crippen molar-refractivity contribution in [1.29, 1.82) is 0 Å². The van der Waals surface area contributed by atoms with E-state index in [0.29, 0.717) is 11.4 Å². The standard InChI is InChI=1S/C12H22N4O/c1-5-6-8(4)14-12(17)11-9(13)10(7(2)3)15-16-11/h7-8H,5-6,13H2,1-4H3,(H,14,17)(H,15,16). The number of carbonyl (C=O) groups excluding carboxylic acids is 1. The number of rotatable bonds is 5. The van der Waals surface area contributed by atoms with Gasteiger partial charge in [0, 0.05) is 6.04 Å². The Morgan fingerprint density at radius 1 is 1.47 bits per heavy atom. The van der Waals surface area contributed by atoms with Crippen molar-refractivity contribution in [2.75, 3.05) is 5.73 Å². The Bertz CT molecular complexity index is 384. The summed E-state index contributed by atoms with van der Waals surface area (Å²) in [7, 11) is 0. The summed E-state index contributed by atoms with van der Waals surface area (Å²) in [5, 5.41) is 9.70. The number of nitrogens with one attached hydrogen (secondary N) is 2. The Kier molecular flexibility index (Phi) is 4.54. The molecule has 1 heterocycles. The van der Waals surface area contributed by atoms with Crippen molar-refractivity contribution in [1.82, 2.24) is 15.5 Å². The molecule has 96 valence electrons. The van der Waals surface area contributed by atoms with E-state index < -0.39 is 0 Å². The van der Waals surface area contributed by atoms with Gasteiger partial charge in [-0.05, 0) is 19.3 Å². The van der Waals surface area contributed by atoms with Gasteiger partial charge in [-0.3, -0.25) is 9.89 Å². The highest BCUT2D eigenvalue weighted by Gasteiger charge is 2.19. The Labute approximate surface area is 102 Å². The predicted octanol–water partition coefficient (Wildman–Crippen LogP) is 2.03. The predicted molar refractivity (Wildman–Crippen MR) is 68.9 cm³/mol. The molecular formula is C12H22N4O. The van der Waals surface area contributed by atoms with Crippen LogP contribution in [0, 0.1) is 0 Å². The van der Waals surface area contributed by atoms with E-state index in [1.54, 1.807) is 0 Å². The molecule has 0 saturated carbocycles. The lowest BCUT2D eigenvalue weighted by Crippen LogP contribution is -2.33. The molecule has 17 heavy (non-hydrogen) atoms. The van der Waals surface area contributed by atoms with Gasteiger partial charge in [0.05, 0.1) is 11.4 Å². The van der Waals surface area contributed by atoms with Gasteiger partial charge in [0.15, 0.2) is 5.69 Å². The molecule has 0 aliphatic carbocycles. The zero-order valence-corrected chi connectivity index (χ0v) is 11.0. The van der Waals surface area contributed by atoms with Gasteiger partial charge in [0.25, 0.3) is 5.91 Å². The van der Waals surface area contributed by atoms with Crippen molar-refractivity contribution < 1.29 is 4.79 Å². The molecule has 0 fully saturated rings. The molecule has 0 saturated heterocycles. The third-order valence-corrected chi connectivity index (χ3v) is 2.73. The van der Waals surface area contributed by atoms with Gasteiger partial charge in [-0.25, -0.2) is 0 Å². The number of nitrogens with two attached hydrogens (primary N) is 1. The molecule has 1 aromatic heterocycles. The van der Waals surface area contributed by atoms with Crippen LogP contribution in [0.4, 0.5) is 5.69 Å². The maximum Gasteiger partial charge on any atom is 0.274 e. The van der Waals surface area contributed by atoms with E-state index in [4.69, 9.17) is 5.73 Å². The Balaban J connectivity index is 2.76. The lowest BCUT2D eigenvalue weighted by molar-refractivity contribution is 0.0934. The summed E-state index contributed by atoms with van der Waals surface area (Å²) < 4.78 is 0. The van der Waals surface area contributed by atoms with Crippen LogP contribution in [0.15, 0.2) is 0 Å². The molecule has 5 heteroatoms. The number of aromatic nitrogens is 2. The van der Waals surface area contributed by atoms with E-state index in [2.05, 4.69) is 22.4 Å². The van der Waals surface area contributed by atoms with Crippen molar-refractivity contribution >= 4 is 11.6 Å². The fourth-order valence-electron chi connectivity index (χ4n) is 1.77. The number of amides is 1. The van der Waals surface area contributed by atoms with Gasteiger partial charge in [0.2, 0.25) is 0 Å². The van der Waals surface area contributed by atoms with Crippen LogP contribution in [-0.4, -0.2) is 22.1 Å². The fourth-order valence-corrected chi connectivity index (χ4v) is 1.77. The molecule has 1 atom stereocenters. The number of carbonyl (C=O) groups is 1. The van der Waals surface area contributed by atoms with Crippen LogP contribution < -0.4 is 11.1 Å². The molecule has 0 spiro atoms. The van der Waals surface area contributed by atoms with Crippen LogP contribution in [0.3, 0.4) is 0 Å². The number of hydrogen-bond donors (Lipinski definition) is 3. The molecule has 1 aromatic rings. The van der Waals surface area contributed by atoms with E-state index >= 15 is 0 Å². The summed E-state index contributed by atoms with van der Waals surface area (Å²) in [6, 6.07) is 0.145. The average molecular weight is 238 g/mol. The lowest BCUT2D eigenvalue weighted by atomic mass is 10.1. The summed E-state index contributed by atoms with van der Waals surface area (Å²) in [4.78, 5) is 11.9. The highest BCUT2D eigenvalue weighted by Crippen LogP contribution is 2.21. The first-order valence-corrected chi connectivity index (χ1v) is 6.11. The first kappa shape index (κ1) is 13.5. The van der Waals surface area contributed by atoms with Gasteiger partial charge in [-0.2, -0.15) is 5.10 Å². The number of anilines is 1. The molecule has 1 amide bonds. The normalized spacial score (nSPS) is 12.8. The van der Waals surface area contributed by atoms with Crippen molar-refractivity contribution in [2.45, 2.75) is 52.5 Å². The van der Waals surface area contributed by atoms with Crippen LogP contribution >= 0.6 is 0 Å². The fraction of sp³-hybridized carbons (Fsp3) is 0.667. The largest absolute Gasteiger partial charge is 0.395 e. The van der Waals surface area contributed by atoms with Crippen molar-refractivity contribution in [3.63, 3.8) is 0 Å². The zero-order chi connectivity index (χ0) is 13.0. The number of aromatic amines is 1. The van der Waals surface area contributed by atoms with E-state index in [9.17, 15) is 4.79 Å². The highest BCUT2D eigenvalue weighted by atomic mass is 16.2. The van der Waals surface area contributed by atoms with E-state index in [-0.39, 0.29) is 17.9 Å². The third kappa shape index (κ3) is 3.22. The minimum Gasteiger partial charge on any atom is -0.395 e.